The van der Waals surface area contributed by atoms with Crippen molar-refractivity contribution in [1.82, 2.24) is 9.78 Å². The summed E-state index contributed by atoms with van der Waals surface area (Å²) >= 11 is 2.32. The summed E-state index contributed by atoms with van der Waals surface area (Å²) in [7, 11) is -0.996. The zero-order valence-electron chi connectivity index (χ0n) is 11.1. The first-order chi connectivity index (χ1) is 8.46. The molecule has 2 aromatic rings. The summed E-state index contributed by atoms with van der Waals surface area (Å²) in [5.41, 5.74) is 1.14. The van der Waals surface area contributed by atoms with Crippen LogP contribution < -0.4 is 0 Å². The highest BCUT2D eigenvalue weighted by molar-refractivity contribution is 14.1. The second-order valence-corrected chi connectivity index (χ2v) is 12.6. The van der Waals surface area contributed by atoms with Crippen molar-refractivity contribution in [2.75, 3.05) is 6.61 Å². The molecule has 18 heavy (non-hydrogen) atoms. The number of aromatic nitrogens is 2. The van der Waals surface area contributed by atoms with E-state index < -0.39 is 8.07 Å². The Bertz CT molecular complexity index is 533. The van der Waals surface area contributed by atoms with Crippen molar-refractivity contribution < 1.29 is 4.74 Å². The van der Waals surface area contributed by atoms with Gasteiger partial charge in [-0.15, -0.1) is 0 Å². The lowest BCUT2D eigenvalue weighted by molar-refractivity contribution is 0.0817. The highest BCUT2D eigenvalue weighted by Crippen LogP contribution is 2.17. The summed E-state index contributed by atoms with van der Waals surface area (Å²) in [5, 5.41) is 5.55. The molecule has 0 bridgehead atoms. The van der Waals surface area contributed by atoms with E-state index in [1.54, 1.807) is 0 Å². The molecule has 0 N–H and O–H groups in total. The van der Waals surface area contributed by atoms with Gasteiger partial charge in [-0.1, -0.05) is 19.6 Å². The maximum atomic E-state index is 5.73. The molecule has 0 spiro atoms. The lowest BCUT2D eigenvalue weighted by Crippen LogP contribution is -2.22. The number of halogens is 1. The molecule has 5 heteroatoms. The molecule has 1 aromatic heterocycles. The summed E-state index contributed by atoms with van der Waals surface area (Å²) < 4.78 is 8.89. The Kier molecular flexibility index (Phi) is 4.44. The number of hydrogen-bond acceptors (Lipinski definition) is 2. The van der Waals surface area contributed by atoms with Crippen LogP contribution in [0.5, 0.6) is 0 Å². The van der Waals surface area contributed by atoms with E-state index in [4.69, 9.17) is 4.74 Å². The third-order valence-corrected chi connectivity index (χ3v) is 5.19. The number of rotatable bonds is 5. The van der Waals surface area contributed by atoms with Crippen LogP contribution in [-0.4, -0.2) is 24.5 Å². The van der Waals surface area contributed by atoms with Crippen molar-refractivity contribution in [3.8, 4) is 0 Å². The molecular weight excluding hydrogens is 355 g/mol. The molecule has 98 valence electrons. The van der Waals surface area contributed by atoms with Crippen molar-refractivity contribution in [2.45, 2.75) is 32.4 Å². The third kappa shape index (κ3) is 3.79. The van der Waals surface area contributed by atoms with Gasteiger partial charge in [-0.25, -0.2) is 4.68 Å². The van der Waals surface area contributed by atoms with Gasteiger partial charge in [0.15, 0.2) is 0 Å². The van der Waals surface area contributed by atoms with Gasteiger partial charge in [-0.05, 0) is 46.8 Å². The summed E-state index contributed by atoms with van der Waals surface area (Å²) in [5.74, 6) is 0. The fraction of sp³-hybridized carbons (Fsp3) is 0.462. The first-order valence-corrected chi connectivity index (χ1v) is 10.9. The zero-order chi connectivity index (χ0) is 13.2. The van der Waals surface area contributed by atoms with Gasteiger partial charge in [0.1, 0.15) is 6.73 Å². The molecule has 0 atom stereocenters. The molecule has 0 saturated heterocycles. The molecule has 0 radical (unpaired) electrons. The van der Waals surface area contributed by atoms with Crippen molar-refractivity contribution in [1.29, 1.82) is 0 Å². The Hall–Kier alpha value is -0.403. The molecule has 1 heterocycles. The number of ether oxygens (including phenoxy) is 1. The van der Waals surface area contributed by atoms with Crippen molar-refractivity contribution >= 4 is 41.6 Å². The first-order valence-electron chi connectivity index (χ1n) is 6.14. The molecule has 0 unspecified atom stereocenters. The molecule has 0 aliphatic carbocycles. The molecule has 0 aliphatic heterocycles. The Morgan fingerprint density at radius 1 is 1.33 bits per heavy atom. The molecule has 0 saturated carbocycles. The van der Waals surface area contributed by atoms with Crippen LogP contribution in [0.15, 0.2) is 24.4 Å². The number of hydrogen-bond donors (Lipinski definition) is 0. The smallest absolute Gasteiger partial charge is 0.139 e. The Labute approximate surface area is 123 Å². The van der Waals surface area contributed by atoms with Gasteiger partial charge in [-0.3, -0.25) is 0 Å². The quantitative estimate of drug-likeness (QED) is 0.450. The van der Waals surface area contributed by atoms with Crippen LogP contribution in [-0.2, 0) is 11.5 Å². The predicted molar refractivity (Wildman–Crippen MR) is 86.6 cm³/mol. The normalized spacial score (nSPS) is 12.2. The lowest BCUT2D eigenvalue weighted by Gasteiger charge is -2.15. The van der Waals surface area contributed by atoms with Gasteiger partial charge >= 0.3 is 0 Å². The van der Waals surface area contributed by atoms with Crippen LogP contribution in [0.25, 0.3) is 10.9 Å². The molecule has 0 amide bonds. The molecule has 1 aromatic carbocycles. The SMILES string of the molecule is C[Si](C)(C)CCOCn1ncc2cc(I)ccc21. The summed E-state index contributed by atoms with van der Waals surface area (Å²) in [6, 6.07) is 7.54. The van der Waals surface area contributed by atoms with E-state index in [-0.39, 0.29) is 0 Å². The van der Waals surface area contributed by atoms with Gasteiger partial charge in [-0.2, -0.15) is 5.10 Å². The lowest BCUT2D eigenvalue weighted by atomic mass is 10.3. The first kappa shape index (κ1) is 14.0. The number of benzene rings is 1. The van der Waals surface area contributed by atoms with Crippen molar-refractivity contribution in [3.63, 3.8) is 0 Å². The molecule has 0 fully saturated rings. The van der Waals surface area contributed by atoms with E-state index >= 15 is 0 Å². The van der Waals surface area contributed by atoms with Crippen LogP contribution in [0.1, 0.15) is 0 Å². The summed E-state index contributed by atoms with van der Waals surface area (Å²) in [6.45, 7) is 8.47. The fourth-order valence-corrected chi connectivity index (χ4v) is 2.96. The van der Waals surface area contributed by atoms with E-state index in [0.29, 0.717) is 6.73 Å². The standard InChI is InChI=1S/C13H19IN2OSi/c1-18(2,3)7-6-17-10-16-13-5-4-12(14)8-11(13)9-15-16/h4-5,8-9H,6-7,10H2,1-3H3. The third-order valence-electron chi connectivity index (χ3n) is 2.81. The highest BCUT2D eigenvalue weighted by Gasteiger charge is 2.12. The highest BCUT2D eigenvalue weighted by atomic mass is 127. The van der Waals surface area contributed by atoms with Gasteiger partial charge in [0.05, 0.1) is 11.7 Å². The minimum absolute atomic E-state index is 0.550. The van der Waals surface area contributed by atoms with E-state index in [9.17, 15) is 0 Å². The van der Waals surface area contributed by atoms with Crippen molar-refractivity contribution in [3.05, 3.63) is 28.0 Å². The average molecular weight is 374 g/mol. The molecule has 0 aliphatic rings. The van der Waals surface area contributed by atoms with E-state index in [2.05, 4.69) is 65.5 Å². The largest absolute Gasteiger partial charge is 0.360 e. The number of fused-ring (bicyclic) bond motifs is 1. The Balaban J connectivity index is 1.96. The fourth-order valence-electron chi connectivity index (χ4n) is 1.69. The predicted octanol–water partition coefficient (Wildman–Crippen LogP) is 3.95. The van der Waals surface area contributed by atoms with Gasteiger partial charge in [0.2, 0.25) is 0 Å². The Morgan fingerprint density at radius 3 is 2.83 bits per heavy atom. The van der Waals surface area contributed by atoms with Crippen LogP contribution in [0.2, 0.25) is 25.7 Å². The minimum Gasteiger partial charge on any atom is -0.360 e. The molecule has 2 rings (SSSR count). The number of nitrogens with zero attached hydrogens (tertiary/aromatic N) is 2. The monoisotopic (exact) mass is 374 g/mol. The van der Waals surface area contributed by atoms with Crippen LogP contribution in [0, 0.1) is 3.57 Å². The average Bonchev–Trinajstić information content (AvgIpc) is 2.65. The van der Waals surface area contributed by atoms with Gasteiger partial charge < -0.3 is 4.74 Å². The molecular formula is C13H19IN2OSi. The van der Waals surface area contributed by atoms with E-state index in [1.807, 2.05) is 10.9 Å². The minimum atomic E-state index is -0.996. The van der Waals surface area contributed by atoms with Crippen LogP contribution >= 0.6 is 22.6 Å². The van der Waals surface area contributed by atoms with Crippen molar-refractivity contribution in [2.24, 2.45) is 0 Å². The van der Waals surface area contributed by atoms with E-state index in [0.717, 1.165) is 12.1 Å². The topological polar surface area (TPSA) is 27.1 Å². The van der Waals surface area contributed by atoms with Gasteiger partial charge in [0, 0.05) is 23.6 Å². The second-order valence-electron chi connectivity index (χ2n) is 5.70. The van der Waals surface area contributed by atoms with Crippen LogP contribution in [0.4, 0.5) is 0 Å². The van der Waals surface area contributed by atoms with Gasteiger partial charge in [0.25, 0.3) is 0 Å². The zero-order valence-corrected chi connectivity index (χ0v) is 14.3. The maximum Gasteiger partial charge on any atom is 0.139 e. The Morgan fingerprint density at radius 2 is 2.11 bits per heavy atom. The maximum absolute atomic E-state index is 5.73. The second kappa shape index (κ2) is 5.71. The summed E-state index contributed by atoms with van der Waals surface area (Å²) in [6.07, 6.45) is 1.90. The van der Waals surface area contributed by atoms with E-state index in [1.165, 1.54) is 15.0 Å². The molecule has 3 nitrogen and oxygen atoms in total. The van der Waals surface area contributed by atoms with Crippen LogP contribution in [0.3, 0.4) is 0 Å². The summed E-state index contributed by atoms with van der Waals surface area (Å²) in [4.78, 5) is 0.